The molecule has 0 saturated carbocycles. The van der Waals surface area contributed by atoms with Crippen LogP contribution in [0.15, 0.2) is 59.3 Å². The van der Waals surface area contributed by atoms with Crippen LogP contribution in [0.3, 0.4) is 0 Å². The quantitative estimate of drug-likeness (QED) is 0.300. The molecule has 0 saturated heterocycles. The van der Waals surface area contributed by atoms with Crippen LogP contribution in [0.2, 0.25) is 5.02 Å². The van der Waals surface area contributed by atoms with Crippen molar-refractivity contribution in [2.75, 3.05) is 14.2 Å². The summed E-state index contributed by atoms with van der Waals surface area (Å²) in [4.78, 5) is 8.76. The first-order chi connectivity index (χ1) is 16.8. The van der Waals surface area contributed by atoms with Crippen molar-refractivity contribution in [3.8, 4) is 45.6 Å². The number of nitrogens with zero attached hydrogens (tertiary/aromatic N) is 5. The van der Waals surface area contributed by atoms with E-state index in [0.717, 1.165) is 6.07 Å². The molecule has 0 radical (unpaired) electrons. The van der Waals surface area contributed by atoms with Crippen LogP contribution < -0.4 is 9.47 Å². The minimum absolute atomic E-state index is 0.0652. The number of benzene rings is 2. The van der Waals surface area contributed by atoms with Gasteiger partial charge in [-0.1, -0.05) is 16.8 Å². The number of alkyl halides is 3. The highest BCUT2D eigenvalue weighted by Gasteiger charge is 2.36. The van der Waals surface area contributed by atoms with E-state index < -0.39 is 11.9 Å². The normalized spacial score (nSPS) is 11.7. The third-order valence-electron chi connectivity index (χ3n) is 5.21. The van der Waals surface area contributed by atoms with E-state index in [9.17, 15) is 13.2 Å². The molecule has 0 unspecified atom stereocenters. The van der Waals surface area contributed by atoms with Crippen molar-refractivity contribution in [1.29, 1.82) is 0 Å². The van der Waals surface area contributed by atoms with Gasteiger partial charge in [-0.25, -0.2) is 9.50 Å². The summed E-state index contributed by atoms with van der Waals surface area (Å²) in [6.45, 7) is 0. The van der Waals surface area contributed by atoms with Gasteiger partial charge in [-0.2, -0.15) is 23.3 Å². The summed E-state index contributed by atoms with van der Waals surface area (Å²) in [6, 6.07) is 12.3. The van der Waals surface area contributed by atoms with Gasteiger partial charge in [-0.15, -0.1) is 0 Å². The summed E-state index contributed by atoms with van der Waals surface area (Å²) in [6.07, 6.45) is -3.50. The summed E-state index contributed by atoms with van der Waals surface area (Å²) in [5.41, 5.74) is 0.0287. The molecule has 5 rings (SSSR count). The predicted molar refractivity (Wildman–Crippen MR) is 120 cm³/mol. The number of aromatic nitrogens is 5. The highest BCUT2D eigenvalue weighted by Crippen LogP contribution is 2.36. The number of methoxy groups -OCH3 is 2. The molecule has 0 aliphatic heterocycles. The standard InChI is InChI=1S/C23H15ClF3N5O3/c1-33-14-6-3-12(4-7-14)17-10-19(23(25,26)27)32-21(29-17)16(11-28-32)22-30-20(31-35-22)15-9-13(24)5-8-18(15)34-2/h3-11H,1-2H3. The molecular weight excluding hydrogens is 487 g/mol. The Balaban J connectivity index is 1.66. The lowest BCUT2D eigenvalue weighted by molar-refractivity contribution is -0.142. The number of hydrogen-bond donors (Lipinski definition) is 0. The van der Waals surface area contributed by atoms with Crippen LogP contribution in [0.4, 0.5) is 13.2 Å². The van der Waals surface area contributed by atoms with Crippen molar-refractivity contribution in [2.24, 2.45) is 0 Å². The molecule has 35 heavy (non-hydrogen) atoms. The maximum absolute atomic E-state index is 13.9. The summed E-state index contributed by atoms with van der Waals surface area (Å²) < 4.78 is 58.2. The Bertz CT molecular complexity index is 1530. The van der Waals surface area contributed by atoms with Crippen LogP contribution in [0.1, 0.15) is 5.69 Å². The van der Waals surface area contributed by atoms with Gasteiger partial charge in [0.05, 0.1) is 31.7 Å². The summed E-state index contributed by atoms with van der Waals surface area (Å²) >= 11 is 6.08. The maximum atomic E-state index is 13.9. The molecule has 0 fully saturated rings. The smallest absolute Gasteiger partial charge is 0.433 e. The van der Waals surface area contributed by atoms with Crippen LogP contribution in [0, 0.1) is 0 Å². The van der Waals surface area contributed by atoms with Gasteiger partial charge < -0.3 is 14.0 Å². The lowest BCUT2D eigenvalue weighted by Crippen LogP contribution is -2.13. The molecule has 12 heteroatoms. The molecule has 0 atom stereocenters. The fraction of sp³-hybridized carbons (Fsp3) is 0.130. The van der Waals surface area contributed by atoms with E-state index in [2.05, 4.69) is 20.2 Å². The van der Waals surface area contributed by atoms with E-state index in [1.54, 1.807) is 42.5 Å². The zero-order valence-electron chi connectivity index (χ0n) is 18.2. The molecule has 0 bridgehead atoms. The molecule has 0 N–H and O–H groups in total. The Kier molecular flexibility index (Phi) is 5.56. The first-order valence-corrected chi connectivity index (χ1v) is 10.4. The monoisotopic (exact) mass is 501 g/mol. The molecule has 2 aromatic carbocycles. The fourth-order valence-electron chi connectivity index (χ4n) is 3.52. The predicted octanol–water partition coefficient (Wildman–Crippen LogP) is 5.80. The van der Waals surface area contributed by atoms with Gasteiger partial charge in [0.1, 0.15) is 17.1 Å². The lowest BCUT2D eigenvalue weighted by atomic mass is 10.1. The van der Waals surface area contributed by atoms with Crippen molar-refractivity contribution >= 4 is 17.2 Å². The zero-order chi connectivity index (χ0) is 24.7. The molecule has 8 nitrogen and oxygen atoms in total. The average molecular weight is 502 g/mol. The lowest BCUT2D eigenvalue weighted by Gasteiger charge is -2.11. The Hall–Kier alpha value is -4.12. The highest BCUT2D eigenvalue weighted by atomic mass is 35.5. The molecular formula is C23H15ClF3N5O3. The minimum Gasteiger partial charge on any atom is -0.497 e. The second kappa shape index (κ2) is 8.58. The van der Waals surface area contributed by atoms with Crippen LogP contribution in [-0.2, 0) is 6.18 Å². The molecule has 3 heterocycles. The van der Waals surface area contributed by atoms with Gasteiger partial charge in [0.15, 0.2) is 11.3 Å². The maximum Gasteiger partial charge on any atom is 0.433 e. The van der Waals surface area contributed by atoms with Gasteiger partial charge in [0, 0.05) is 10.6 Å². The topological polar surface area (TPSA) is 87.6 Å². The molecule has 0 spiro atoms. The van der Waals surface area contributed by atoms with Crippen molar-refractivity contribution in [3.63, 3.8) is 0 Å². The number of fused-ring (bicyclic) bond motifs is 1. The number of rotatable bonds is 5. The van der Waals surface area contributed by atoms with E-state index in [1.165, 1.54) is 20.4 Å². The van der Waals surface area contributed by atoms with Crippen LogP contribution in [0.5, 0.6) is 11.5 Å². The van der Waals surface area contributed by atoms with E-state index in [4.69, 9.17) is 25.6 Å². The van der Waals surface area contributed by atoms with E-state index >= 15 is 0 Å². The van der Waals surface area contributed by atoms with Crippen molar-refractivity contribution in [3.05, 3.63) is 65.4 Å². The molecule has 178 valence electrons. The van der Waals surface area contributed by atoms with Crippen LogP contribution in [-0.4, -0.2) is 39.0 Å². The van der Waals surface area contributed by atoms with Crippen LogP contribution in [0.25, 0.3) is 39.7 Å². The Morgan fingerprint density at radius 3 is 2.40 bits per heavy atom. The van der Waals surface area contributed by atoms with E-state index in [1.807, 2.05) is 0 Å². The third kappa shape index (κ3) is 4.14. The second-order valence-corrected chi connectivity index (χ2v) is 7.75. The van der Waals surface area contributed by atoms with Gasteiger partial charge in [0.25, 0.3) is 5.89 Å². The first kappa shape index (κ1) is 22.7. The summed E-state index contributed by atoms with van der Waals surface area (Å²) in [5, 5.41) is 8.26. The average Bonchev–Trinajstić information content (AvgIpc) is 3.50. The molecule has 5 aromatic rings. The minimum atomic E-state index is -4.69. The van der Waals surface area contributed by atoms with E-state index in [-0.39, 0.29) is 28.6 Å². The SMILES string of the molecule is COc1ccc(-c2cc(C(F)(F)F)n3ncc(-c4nc(-c5cc(Cl)ccc5OC)no4)c3n2)cc1. The van der Waals surface area contributed by atoms with Crippen LogP contribution >= 0.6 is 11.6 Å². The molecule has 0 aliphatic carbocycles. The van der Waals surface area contributed by atoms with Gasteiger partial charge >= 0.3 is 6.18 Å². The zero-order valence-corrected chi connectivity index (χ0v) is 18.9. The summed E-state index contributed by atoms with van der Waals surface area (Å²) in [7, 11) is 2.97. The molecule has 0 aliphatic rings. The summed E-state index contributed by atoms with van der Waals surface area (Å²) in [5.74, 6) is 1.08. The van der Waals surface area contributed by atoms with E-state index in [0.29, 0.717) is 32.2 Å². The number of ether oxygens (including phenoxy) is 2. The van der Waals surface area contributed by atoms with Crippen molar-refractivity contribution in [1.82, 2.24) is 24.7 Å². The van der Waals surface area contributed by atoms with Gasteiger partial charge in [0.2, 0.25) is 5.82 Å². The fourth-order valence-corrected chi connectivity index (χ4v) is 3.69. The van der Waals surface area contributed by atoms with Crippen molar-refractivity contribution in [2.45, 2.75) is 6.18 Å². The van der Waals surface area contributed by atoms with Crippen molar-refractivity contribution < 1.29 is 27.2 Å². The van der Waals surface area contributed by atoms with Gasteiger partial charge in [-0.3, -0.25) is 0 Å². The third-order valence-corrected chi connectivity index (χ3v) is 5.44. The highest BCUT2D eigenvalue weighted by molar-refractivity contribution is 6.30. The Morgan fingerprint density at radius 2 is 1.71 bits per heavy atom. The first-order valence-electron chi connectivity index (χ1n) is 10.1. The Labute approximate surface area is 200 Å². The Morgan fingerprint density at radius 1 is 0.943 bits per heavy atom. The van der Waals surface area contributed by atoms with Gasteiger partial charge in [-0.05, 0) is 48.5 Å². The second-order valence-electron chi connectivity index (χ2n) is 7.31. The number of halogens is 4. The molecule has 0 amide bonds. The number of hydrogen-bond acceptors (Lipinski definition) is 7. The molecule has 3 aromatic heterocycles. The largest absolute Gasteiger partial charge is 0.497 e.